The largest absolute Gasteiger partial charge is 0.485 e. The molecule has 1 fully saturated rings. The molecule has 0 bridgehead atoms. The second kappa shape index (κ2) is 8.38. The van der Waals surface area contributed by atoms with Crippen molar-refractivity contribution in [2.75, 3.05) is 13.2 Å². The van der Waals surface area contributed by atoms with Crippen molar-refractivity contribution >= 4 is 11.9 Å². The number of likely N-dealkylation sites (tertiary alicyclic amines) is 1. The van der Waals surface area contributed by atoms with E-state index in [4.69, 9.17) is 9.47 Å². The van der Waals surface area contributed by atoms with Crippen LogP contribution in [-0.2, 0) is 16.2 Å². The minimum absolute atomic E-state index is 0.213. The van der Waals surface area contributed by atoms with Crippen LogP contribution >= 0.6 is 0 Å². The zero-order valence-electron chi connectivity index (χ0n) is 14.3. The van der Waals surface area contributed by atoms with E-state index in [1.807, 2.05) is 36.4 Å². The fourth-order valence-electron chi connectivity index (χ4n) is 2.97. The summed E-state index contributed by atoms with van der Waals surface area (Å²) < 4.78 is 11.4. The fourth-order valence-corrected chi connectivity index (χ4v) is 2.97. The van der Waals surface area contributed by atoms with Crippen LogP contribution in [0.2, 0.25) is 0 Å². The molecule has 0 unspecified atom stereocenters. The summed E-state index contributed by atoms with van der Waals surface area (Å²) in [7, 11) is 0. The summed E-state index contributed by atoms with van der Waals surface area (Å²) in [6.07, 6.45) is 1.18. The molecule has 3 rings (SSSR count). The lowest BCUT2D eigenvalue weighted by Gasteiger charge is -2.21. The number of ether oxygens (including phenoxy) is 2. The van der Waals surface area contributed by atoms with E-state index < -0.39 is 12.0 Å². The zero-order valence-corrected chi connectivity index (χ0v) is 14.3. The highest BCUT2D eigenvalue weighted by Gasteiger charge is 2.34. The average molecular weight is 355 g/mol. The van der Waals surface area contributed by atoms with Gasteiger partial charge in [-0.1, -0.05) is 42.5 Å². The molecule has 1 atom stereocenters. The molecule has 136 valence electrons. The molecule has 1 aliphatic rings. The summed E-state index contributed by atoms with van der Waals surface area (Å²) in [5, 5.41) is 9.19. The van der Waals surface area contributed by atoms with Gasteiger partial charge in [0.2, 0.25) is 0 Å². The molecular weight excluding hydrogens is 334 g/mol. The minimum Gasteiger partial charge on any atom is -0.485 e. The number of carboxylic acid groups (broad SMARTS) is 1. The molecule has 0 spiro atoms. The van der Waals surface area contributed by atoms with Gasteiger partial charge >= 0.3 is 5.97 Å². The van der Waals surface area contributed by atoms with Crippen LogP contribution in [0.1, 0.15) is 18.4 Å². The first-order valence-corrected chi connectivity index (χ1v) is 8.56. The van der Waals surface area contributed by atoms with Gasteiger partial charge in [-0.3, -0.25) is 4.79 Å². The number of carbonyl (C=O) groups excluding carboxylic acids is 1. The Morgan fingerprint density at radius 3 is 2.35 bits per heavy atom. The first-order valence-electron chi connectivity index (χ1n) is 8.56. The van der Waals surface area contributed by atoms with Crippen LogP contribution in [0.3, 0.4) is 0 Å². The number of nitrogens with zero attached hydrogens (tertiary/aromatic N) is 1. The maximum atomic E-state index is 12.3. The van der Waals surface area contributed by atoms with Crippen molar-refractivity contribution in [3.63, 3.8) is 0 Å². The third-order valence-corrected chi connectivity index (χ3v) is 4.30. The molecule has 0 radical (unpaired) electrons. The zero-order chi connectivity index (χ0) is 18.4. The van der Waals surface area contributed by atoms with Gasteiger partial charge in [0.25, 0.3) is 5.91 Å². The summed E-state index contributed by atoms with van der Waals surface area (Å²) in [5.41, 5.74) is 1.03. The van der Waals surface area contributed by atoms with Crippen LogP contribution in [0.15, 0.2) is 54.6 Å². The summed E-state index contributed by atoms with van der Waals surface area (Å²) in [4.78, 5) is 24.9. The molecule has 1 heterocycles. The van der Waals surface area contributed by atoms with Gasteiger partial charge in [0.1, 0.15) is 12.6 Å². The van der Waals surface area contributed by atoms with E-state index in [1.165, 1.54) is 4.90 Å². The third kappa shape index (κ3) is 4.33. The highest BCUT2D eigenvalue weighted by Crippen LogP contribution is 2.27. The second-order valence-electron chi connectivity index (χ2n) is 6.09. The van der Waals surface area contributed by atoms with Crippen LogP contribution in [0, 0.1) is 0 Å². The molecule has 0 aromatic heterocycles. The summed E-state index contributed by atoms with van der Waals surface area (Å²) in [6.45, 7) is 0.628. The lowest BCUT2D eigenvalue weighted by Crippen LogP contribution is -2.42. The Morgan fingerprint density at radius 2 is 1.65 bits per heavy atom. The molecule has 1 N–H and O–H groups in total. The number of carboxylic acids is 1. The van der Waals surface area contributed by atoms with Crippen LogP contribution in [0.4, 0.5) is 0 Å². The normalized spacial score (nSPS) is 16.3. The predicted octanol–water partition coefficient (Wildman–Crippen LogP) is 2.72. The Balaban J connectivity index is 1.59. The van der Waals surface area contributed by atoms with Crippen molar-refractivity contribution in [3.8, 4) is 11.5 Å². The average Bonchev–Trinajstić information content (AvgIpc) is 3.16. The monoisotopic (exact) mass is 355 g/mol. The highest BCUT2D eigenvalue weighted by molar-refractivity contribution is 5.85. The van der Waals surface area contributed by atoms with Gasteiger partial charge in [0, 0.05) is 6.54 Å². The van der Waals surface area contributed by atoms with E-state index in [0.717, 1.165) is 5.56 Å². The quantitative estimate of drug-likeness (QED) is 0.826. The maximum absolute atomic E-state index is 12.3. The van der Waals surface area contributed by atoms with Crippen molar-refractivity contribution in [2.45, 2.75) is 25.5 Å². The van der Waals surface area contributed by atoms with Crippen LogP contribution in [0.5, 0.6) is 11.5 Å². The number of hydrogen-bond donors (Lipinski definition) is 1. The van der Waals surface area contributed by atoms with E-state index in [2.05, 4.69) is 0 Å². The standard InChI is InChI=1S/C20H21NO5/c22-19(21-12-6-9-16(21)20(23)24)14-26-18-11-5-4-10-17(18)25-13-15-7-2-1-3-8-15/h1-5,7-8,10-11,16H,6,9,12-14H2,(H,23,24)/t16-/m0/s1. The number of amides is 1. The molecule has 0 saturated carbocycles. The van der Waals surface area contributed by atoms with E-state index in [1.54, 1.807) is 18.2 Å². The molecule has 2 aromatic rings. The Morgan fingerprint density at radius 1 is 1.00 bits per heavy atom. The molecule has 26 heavy (non-hydrogen) atoms. The van der Waals surface area contributed by atoms with E-state index >= 15 is 0 Å². The van der Waals surface area contributed by atoms with Crippen LogP contribution < -0.4 is 9.47 Å². The van der Waals surface area contributed by atoms with E-state index in [-0.39, 0.29) is 12.5 Å². The lowest BCUT2D eigenvalue weighted by atomic mass is 10.2. The van der Waals surface area contributed by atoms with E-state index in [0.29, 0.717) is 37.5 Å². The van der Waals surface area contributed by atoms with Crippen molar-refractivity contribution in [2.24, 2.45) is 0 Å². The third-order valence-electron chi connectivity index (χ3n) is 4.30. The van der Waals surface area contributed by atoms with Gasteiger partial charge < -0.3 is 19.5 Å². The van der Waals surface area contributed by atoms with Gasteiger partial charge in [-0.15, -0.1) is 0 Å². The van der Waals surface area contributed by atoms with Crippen molar-refractivity contribution in [1.29, 1.82) is 0 Å². The SMILES string of the molecule is O=C(O)[C@@H]1CCCN1C(=O)COc1ccccc1OCc1ccccc1. The topological polar surface area (TPSA) is 76.1 Å². The number of benzene rings is 2. The molecule has 1 saturated heterocycles. The molecule has 6 heteroatoms. The summed E-state index contributed by atoms with van der Waals surface area (Å²) >= 11 is 0. The van der Waals surface area contributed by atoms with Gasteiger partial charge in [0.15, 0.2) is 18.1 Å². The second-order valence-corrected chi connectivity index (χ2v) is 6.09. The highest BCUT2D eigenvalue weighted by atomic mass is 16.5. The maximum Gasteiger partial charge on any atom is 0.326 e. The number of rotatable bonds is 7. The lowest BCUT2D eigenvalue weighted by molar-refractivity contribution is -0.149. The smallest absolute Gasteiger partial charge is 0.326 e. The first kappa shape index (κ1) is 17.8. The number of aliphatic carboxylic acids is 1. The molecule has 2 aromatic carbocycles. The number of hydrogen-bond acceptors (Lipinski definition) is 4. The molecule has 6 nitrogen and oxygen atoms in total. The molecular formula is C20H21NO5. The number of para-hydroxylation sites is 2. The Bertz CT molecular complexity index is 762. The number of carbonyl (C=O) groups is 2. The van der Waals surface area contributed by atoms with Crippen LogP contribution in [0.25, 0.3) is 0 Å². The van der Waals surface area contributed by atoms with Crippen molar-refractivity contribution < 1.29 is 24.2 Å². The van der Waals surface area contributed by atoms with Crippen molar-refractivity contribution in [1.82, 2.24) is 4.90 Å². The van der Waals surface area contributed by atoms with Gasteiger partial charge in [-0.05, 0) is 30.5 Å². The molecule has 0 aliphatic carbocycles. The Hall–Kier alpha value is -3.02. The van der Waals surface area contributed by atoms with Gasteiger partial charge in [-0.25, -0.2) is 4.79 Å². The molecule has 1 amide bonds. The summed E-state index contributed by atoms with van der Waals surface area (Å²) in [6, 6.07) is 16.1. The van der Waals surface area contributed by atoms with Gasteiger partial charge in [0.05, 0.1) is 0 Å². The predicted molar refractivity (Wildman–Crippen MR) is 95.1 cm³/mol. The van der Waals surface area contributed by atoms with Crippen LogP contribution in [-0.4, -0.2) is 41.1 Å². The Kier molecular flexibility index (Phi) is 5.73. The minimum atomic E-state index is -0.970. The van der Waals surface area contributed by atoms with Crippen molar-refractivity contribution in [3.05, 3.63) is 60.2 Å². The van der Waals surface area contributed by atoms with E-state index in [9.17, 15) is 14.7 Å². The molecule has 1 aliphatic heterocycles. The van der Waals surface area contributed by atoms with Gasteiger partial charge in [-0.2, -0.15) is 0 Å². The Labute approximate surface area is 152 Å². The first-order chi connectivity index (χ1) is 12.6. The fraction of sp³-hybridized carbons (Fsp3) is 0.300. The summed E-state index contributed by atoms with van der Waals surface area (Å²) in [5.74, 6) is -0.293.